The van der Waals surface area contributed by atoms with Gasteiger partial charge in [0.25, 0.3) is 0 Å². The van der Waals surface area contributed by atoms with Crippen molar-refractivity contribution in [2.75, 3.05) is 20.1 Å². The van der Waals surface area contributed by atoms with Gasteiger partial charge in [0.15, 0.2) is 0 Å². The minimum atomic E-state index is -3.47. The maximum absolute atomic E-state index is 12.7. The molecule has 0 bridgehead atoms. The number of nitrogens with one attached hydrogen (secondary N) is 1. The summed E-state index contributed by atoms with van der Waals surface area (Å²) in [6, 6.07) is 8.78. The number of fused-ring (bicyclic) bond motifs is 1. The van der Waals surface area contributed by atoms with E-state index in [1.54, 1.807) is 37.5 Å². The fourth-order valence-electron chi connectivity index (χ4n) is 2.18. The predicted octanol–water partition coefficient (Wildman–Crippen LogP) is 0.827. The topological polar surface area (TPSA) is 62.3 Å². The summed E-state index contributed by atoms with van der Waals surface area (Å²) < 4.78 is 26.8. The number of sulfonamides is 1. The first kappa shape index (κ1) is 12.5. The van der Waals surface area contributed by atoms with E-state index in [1.807, 2.05) is 6.07 Å². The van der Waals surface area contributed by atoms with E-state index >= 15 is 0 Å². The molecule has 0 unspecified atom stereocenters. The van der Waals surface area contributed by atoms with Gasteiger partial charge >= 0.3 is 0 Å². The van der Waals surface area contributed by atoms with E-state index in [0.717, 1.165) is 0 Å². The minimum absolute atomic E-state index is 0.0388. The van der Waals surface area contributed by atoms with Crippen LogP contribution in [0.25, 0.3) is 10.9 Å². The minimum Gasteiger partial charge on any atom is -0.313 e. The van der Waals surface area contributed by atoms with E-state index in [0.29, 0.717) is 28.9 Å². The van der Waals surface area contributed by atoms with Crippen molar-refractivity contribution in [3.63, 3.8) is 0 Å². The average molecular weight is 277 g/mol. The lowest BCUT2D eigenvalue weighted by molar-refractivity contribution is 0.274. The Morgan fingerprint density at radius 2 is 2.05 bits per heavy atom. The van der Waals surface area contributed by atoms with E-state index in [9.17, 15) is 8.42 Å². The molecule has 1 aromatic carbocycles. The van der Waals surface area contributed by atoms with Crippen molar-refractivity contribution in [2.45, 2.75) is 10.9 Å². The molecule has 0 saturated carbocycles. The van der Waals surface area contributed by atoms with Crippen molar-refractivity contribution in [3.05, 3.63) is 36.5 Å². The van der Waals surface area contributed by atoms with Gasteiger partial charge in [-0.15, -0.1) is 0 Å². The Kier molecular flexibility index (Phi) is 3.00. The van der Waals surface area contributed by atoms with E-state index < -0.39 is 10.0 Å². The molecule has 1 fully saturated rings. The smallest absolute Gasteiger partial charge is 0.243 e. The maximum Gasteiger partial charge on any atom is 0.243 e. The van der Waals surface area contributed by atoms with Crippen molar-refractivity contribution in [1.82, 2.24) is 14.6 Å². The van der Waals surface area contributed by atoms with Crippen LogP contribution < -0.4 is 5.32 Å². The molecule has 0 aliphatic carbocycles. The number of aromatic nitrogens is 1. The first-order valence-electron chi connectivity index (χ1n) is 6.13. The summed E-state index contributed by atoms with van der Waals surface area (Å²) in [7, 11) is -1.84. The Bertz CT molecular complexity index is 705. The quantitative estimate of drug-likeness (QED) is 0.902. The summed E-state index contributed by atoms with van der Waals surface area (Å²) in [5.41, 5.74) is 0.698. The van der Waals surface area contributed by atoms with Gasteiger partial charge in [0.2, 0.25) is 10.0 Å². The molecule has 1 saturated heterocycles. The molecule has 5 nitrogen and oxygen atoms in total. The van der Waals surface area contributed by atoms with Crippen LogP contribution in [0.15, 0.2) is 41.4 Å². The zero-order chi connectivity index (χ0) is 13.5. The van der Waals surface area contributed by atoms with Crippen LogP contribution in [0.3, 0.4) is 0 Å². The summed E-state index contributed by atoms with van der Waals surface area (Å²) in [5.74, 6) is 0. The number of likely N-dealkylation sites (N-methyl/N-ethyl adjacent to an activating group) is 1. The fourth-order valence-corrected chi connectivity index (χ4v) is 3.73. The van der Waals surface area contributed by atoms with Gasteiger partial charge in [-0.1, -0.05) is 6.07 Å². The number of pyridine rings is 1. The zero-order valence-electron chi connectivity index (χ0n) is 10.6. The molecule has 6 heteroatoms. The summed E-state index contributed by atoms with van der Waals surface area (Å²) in [4.78, 5) is 4.52. The van der Waals surface area contributed by atoms with Crippen molar-refractivity contribution in [3.8, 4) is 0 Å². The third-order valence-corrected chi connectivity index (χ3v) is 5.51. The first-order chi connectivity index (χ1) is 9.10. The number of hydrogen-bond donors (Lipinski definition) is 1. The van der Waals surface area contributed by atoms with E-state index in [1.165, 1.54) is 4.31 Å². The SMILES string of the molecule is CN(C1CNC1)S(=O)(=O)c1cccc2ncccc12. The van der Waals surface area contributed by atoms with Gasteiger partial charge in [0, 0.05) is 37.8 Å². The second-order valence-electron chi connectivity index (χ2n) is 4.66. The Labute approximate surface area is 112 Å². The summed E-state index contributed by atoms with van der Waals surface area (Å²) in [5, 5.41) is 3.75. The highest BCUT2D eigenvalue weighted by molar-refractivity contribution is 7.89. The fraction of sp³-hybridized carbons (Fsp3) is 0.308. The highest BCUT2D eigenvalue weighted by Gasteiger charge is 2.32. The highest BCUT2D eigenvalue weighted by Crippen LogP contribution is 2.25. The Morgan fingerprint density at radius 3 is 2.74 bits per heavy atom. The number of benzene rings is 1. The van der Waals surface area contributed by atoms with Crippen LogP contribution in [0.4, 0.5) is 0 Å². The van der Waals surface area contributed by atoms with Gasteiger partial charge in [0.05, 0.1) is 10.4 Å². The summed E-state index contributed by atoms with van der Waals surface area (Å²) >= 11 is 0. The lowest BCUT2D eigenvalue weighted by atomic mass is 10.2. The molecular weight excluding hydrogens is 262 g/mol. The maximum atomic E-state index is 12.7. The lowest BCUT2D eigenvalue weighted by Gasteiger charge is -2.34. The molecule has 19 heavy (non-hydrogen) atoms. The van der Waals surface area contributed by atoms with Gasteiger partial charge in [0.1, 0.15) is 0 Å². The standard InChI is InChI=1S/C13H15N3O2S/c1-16(10-8-14-9-10)19(17,18)13-6-2-5-12-11(13)4-3-7-15-12/h2-7,10,14H,8-9H2,1H3. The molecule has 100 valence electrons. The second-order valence-corrected chi connectivity index (χ2v) is 6.63. The molecule has 1 aliphatic rings. The largest absolute Gasteiger partial charge is 0.313 e. The van der Waals surface area contributed by atoms with E-state index in [2.05, 4.69) is 10.3 Å². The molecule has 0 radical (unpaired) electrons. The van der Waals surface area contributed by atoms with Crippen LogP contribution >= 0.6 is 0 Å². The third kappa shape index (κ3) is 2.01. The molecule has 3 rings (SSSR count). The molecular formula is C13H15N3O2S. The second kappa shape index (κ2) is 4.56. The highest BCUT2D eigenvalue weighted by atomic mass is 32.2. The van der Waals surface area contributed by atoms with Crippen LogP contribution in [0, 0.1) is 0 Å². The van der Waals surface area contributed by atoms with Gasteiger partial charge in [-0.05, 0) is 24.3 Å². The zero-order valence-corrected chi connectivity index (χ0v) is 11.4. The van der Waals surface area contributed by atoms with E-state index in [-0.39, 0.29) is 6.04 Å². The van der Waals surface area contributed by atoms with Crippen molar-refractivity contribution in [1.29, 1.82) is 0 Å². The molecule has 0 spiro atoms. The van der Waals surface area contributed by atoms with Crippen LogP contribution in [0.5, 0.6) is 0 Å². The van der Waals surface area contributed by atoms with Crippen LogP contribution in [0.1, 0.15) is 0 Å². The van der Waals surface area contributed by atoms with Gasteiger partial charge in [-0.3, -0.25) is 4.98 Å². The van der Waals surface area contributed by atoms with Crippen LogP contribution in [-0.4, -0.2) is 43.9 Å². The van der Waals surface area contributed by atoms with Gasteiger partial charge in [-0.2, -0.15) is 4.31 Å². The molecule has 2 heterocycles. The average Bonchev–Trinajstić information content (AvgIpc) is 2.36. The number of hydrogen-bond acceptors (Lipinski definition) is 4. The Balaban J connectivity index is 2.12. The van der Waals surface area contributed by atoms with Gasteiger partial charge < -0.3 is 5.32 Å². The number of nitrogens with zero attached hydrogens (tertiary/aromatic N) is 2. The molecule has 2 aromatic rings. The molecule has 0 amide bonds. The van der Waals surface area contributed by atoms with Crippen molar-refractivity contribution >= 4 is 20.9 Å². The third-order valence-electron chi connectivity index (χ3n) is 3.54. The van der Waals surface area contributed by atoms with Gasteiger partial charge in [-0.25, -0.2) is 8.42 Å². The molecule has 1 aliphatic heterocycles. The normalized spacial score (nSPS) is 16.7. The molecule has 0 atom stereocenters. The summed E-state index contributed by atoms with van der Waals surface area (Å²) in [6.45, 7) is 1.41. The Hall–Kier alpha value is -1.50. The first-order valence-corrected chi connectivity index (χ1v) is 7.57. The van der Waals surface area contributed by atoms with Crippen molar-refractivity contribution < 1.29 is 8.42 Å². The molecule has 1 N–H and O–H groups in total. The monoisotopic (exact) mass is 277 g/mol. The number of rotatable bonds is 3. The molecule has 1 aromatic heterocycles. The van der Waals surface area contributed by atoms with E-state index in [4.69, 9.17) is 0 Å². The Morgan fingerprint density at radius 1 is 1.26 bits per heavy atom. The van der Waals surface area contributed by atoms with Crippen LogP contribution in [0.2, 0.25) is 0 Å². The predicted molar refractivity (Wildman–Crippen MR) is 73.3 cm³/mol. The van der Waals surface area contributed by atoms with Crippen LogP contribution in [-0.2, 0) is 10.0 Å². The summed E-state index contributed by atoms with van der Waals surface area (Å²) in [6.07, 6.45) is 1.66. The lowest BCUT2D eigenvalue weighted by Crippen LogP contribution is -2.57. The van der Waals surface area contributed by atoms with Crippen molar-refractivity contribution in [2.24, 2.45) is 0 Å².